The minimum Gasteiger partial charge on any atom is -0.508 e. The molecule has 0 unspecified atom stereocenters. The molecule has 7 heteroatoms. The summed E-state index contributed by atoms with van der Waals surface area (Å²) in [6.45, 7) is 0. The molecule has 0 amide bonds. The van der Waals surface area contributed by atoms with Gasteiger partial charge in [0.25, 0.3) is 0 Å². The molecule has 0 aliphatic carbocycles. The smallest absolute Gasteiger partial charge is 0.186 e. The Labute approximate surface area is 139 Å². The lowest BCUT2D eigenvalue weighted by Gasteiger charge is -2.15. The Morgan fingerprint density at radius 2 is 1.71 bits per heavy atom. The van der Waals surface area contributed by atoms with Gasteiger partial charge in [0.05, 0.1) is 33.2 Å². The molecule has 124 valence electrons. The van der Waals surface area contributed by atoms with Gasteiger partial charge in [-0.1, -0.05) is 5.21 Å². The van der Waals surface area contributed by atoms with Gasteiger partial charge in [0.2, 0.25) is 0 Å². The minimum absolute atomic E-state index is 0.193. The fraction of sp³-hybridized carbons (Fsp3) is 0.176. The Morgan fingerprint density at radius 1 is 0.958 bits per heavy atom. The molecule has 0 saturated carbocycles. The van der Waals surface area contributed by atoms with Gasteiger partial charge < -0.3 is 19.3 Å². The van der Waals surface area contributed by atoms with Crippen molar-refractivity contribution in [2.45, 2.75) is 0 Å². The molecule has 0 aliphatic heterocycles. The summed E-state index contributed by atoms with van der Waals surface area (Å²) < 4.78 is 17.8. The van der Waals surface area contributed by atoms with Crippen LogP contribution in [0.5, 0.6) is 23.0 Å². The summed E-state index contributed by atoms with van der Waals surface area (Å²) in [6, 6.07) is 10.3. The quantitative estimate of drug-likeness (QED) is 0.776. The Morgan fingerprint density at radius 3 is 2.33 bits per heavy atom. The van der Waals surface area contributed by atoms with Gasteiger partial charge in [-0.3, -0.25) is 0 Å². The van der Waals surface area contributed by atoms with Crippen LogP contribution in [0.3, 0.4) is 0 Å². The van der Waals surface area contributed by atoms with E-state index in [1.54, 1.807) is 68.6 Å². The summed E-state index contributed by atoms with van der Waals surface area (Å²) in [5.74, 6) is 1.84. The third-order valence-electron chi connectivity index (χ3n) is 3.61. The van der Waals surface area contributed by atoms with E-state index in [1.165, 1.54) is 0 Å². The van der Waals surface area contributed by atoms with Crippen molar-refractivity contribution in [1.82, 2.24) is 15.0 Å². The molecule has 0 spiro atoms. The Bertz CT molecular complexity index is 844. The van der Waals surface area contributed by atoms with E-state index in [2.05, 4.69) is 10.3 Å². The molecule has 0 saturated heterocycles. The number of benzene rings is 2. The second-order valence-corrected chi connectivity index (χ2v) is 4.96. The Kier molecular flexibility index (Phi) is 4.24. The van der Waals surface area contributed by atoms with E-state index in [1.807, 2.05) is 0 Å². The molecule has 0 bridgehead atoms. The van der Waals surface area contributed by atoms with Gasteiger partial charge in [0, 0.05) is 17.7 Å². The van der Waals surface area contributed by atoms with Crippen LogP contribution >= 0.6 is 0 Å². The van der Waals surface area contributed by atoms with Crippen LogP contribution in [0.25, 0.3) is 16.9 Å². The molecule has 1 heterocycles. The first kappa shape index (κ1) is 15.7. The van der Waals surface area contributed by atoms with Crippen molar-refractivity contribution < 1.29 is 19.3 Å². The van der Waals surface area contributed by atoms with Gasteiger partial charge in [-0.25, -0.2) is 4.68 Å². The van der Waals surface area contributed by atoms with Crippen LogP contribution in [-0.4, -0.2) is 41.4 Å². The predicted octanol–water partition coefficient (Wildman–Crippen LogP) is 2.67. The van der Waals surface area contributed by atoms with Crippen LogP contribution in [0.2, 0.25) is 0 Å². The molecular weight excluding hydrogens is 310 g/mol. The molecule has 3 rings (SSSR count). The van der Waals surface area contributed by atoms with Gasteiger partial charge in [0.15, 0.2) is 11.5 Å². The summed E-state index contributed by atoms with van der Waals surface area (Å²) in [5, 5.41) is 17.6. The highest BCUT2D eigenvalue weighted by molar-refractivity contribution is 5.66. The van der Waals surface area contributed by atoms with Crippen molar-refractivity contribution in [2.24, 2.45) is 0 Å². The second-order valence-electron chi connectivity index (χ2n) is 4.96. The lowest BCUT2D eigenvalue weighted by molar-refractivity contribution is 0.347. The third kappa shape index (κ3) is 2.71. The summed E-state index contributed by atoms with van der Waals surface area (Å²) in [4.78, 5) is 0. The number of phenolic OH excluding ortho intramolecular Hbond substituents is 1. The van der Waals surface area contributed by atoms with Crippen molar-refractivity contribution in [2.75, 3.05) is 21.3 Å². The highest BCUT2D eigenvalue weighted by Gasteiger charge is 2.18. The van der Waals surface area contributed by atoms with Gasteiger partial charge in [-0.2, -0.15) is 0 Å². The van der Waals surface area contributed by atoms with E-state index in [4.69, 9.17) is 14.2 Å². The Hall–Kier alpha value is -3.22. The van der Waals surface area contributed by atoms with Gasteiger partial charge in [-0.05, 0) is 24.3 Å². The summed E-state index contributed by atoms with van der Waals surface area (Å²) in [7, 11) is 4.70. The van der Waals surface area contributed by atoms with E-state index >= 15 is 0 Å². The molecule has 0 atom stereocenters. The van der Waals surface area contributed by atoms with E-state index in [9.17, 15) is 5.11 Å². The third-order valence-corrected chi connectivity index (χ3v) is 3.61. The fourth-order valence-electron chi connectivity index (χ4n) is 2.44. The Balaban J connectivity index is 2.20. The molecule has 0 fully saturated rings. The SMILES string of the molecule is COc1cc(OC)c(OC)c(-n2nncc2-c2ccc(O)cc2)c1. The predicted molar refractivity (Wildman–Crippen MR) is 88.1 cm³/mol. The largest absolute Gasteiger partial charge is 0.508 e. The van der Waals surface area contributed by atoms with Crippen LogP contribution < -0.4 is 14.2 Å². The van der Waals surface area contributed by atoms with Crippen LogP contribution in [0.4, 0.5) is 0 Å². The summed E-state index contributed by atoms with van der Waals surface area (Å²) >= 11 is 0. The van der Waals surface area contributed by atoms with Crippen molar-refractivity contribution >= 4 is 0 Å². The topological polar surface area (TPSA) is 78.6 Å². The molecule has 1 aromatic heterocycles. The van der Waals surface area contributed by atoms with Crippen molar-refractivity contribution in [3.05, 3.63) is 42.6 Å². The first-order valence-electron chi connectivity index (χ1n) is 7.18. The number of methoxy groups -OCH3 is 3. The van der Waals surface area contributed by atoms with Gasteiger partial charge in [-0.15, -0.1) is 5.10 Å². The highest BCUT2D eigenvalue weighted by Crippen LogP contribution is 2.39. The number of nitrogens with zero attached hydrogens (tertiary/aromatic N) is 3. The van der Waals surface area contributed by atoms with E-state index in [0.29, 0.717) is 22.9 Å². The fourth-order valence-corrected chi connectivity index (χ4v) is 2.44. The zero-order valence-corrected chi connectivity index (χ0v) is 13.6. The first-order chi connectivity index (χ1) is 11.7. The number of hydrogen-bond acceptors (Lipinski definition) is 6. The zero-order chi connectivity index (χ0) is 17.1. The van der Waals surface area contributed by atoms with Crippen LogP contribution in [-0.2, 0) is 0 Å². The van der Waals surface area contributed by atoms with Gasteiger partial charge in [0.1, 0.15) is 17.2 Å². The average molecular weight is 327 g/mol. The molecule has 2 aromatic carbocycles. The lowest BCUT2D eigenvalue weighted by Crippen LogP contribution is -2.04. The maximum atomic E-state index is 9.47. The zero-order valence-electron chi connectivity index (χ0n) is 13.6. The van der Waals surface area contributed by atoms with Crippen LogP contribution in [0.1, 0.15) is 0 Å². The van der Waals surface area contributed by atoms with Crippen molar-refractivity contribution in [1.29, 1.82) is 0 Å². The molecular formula is C17H17N3O4. The normalized spacial score (nSPS) is 10.5. The minimum atomic E-state index is 0.193. The molecule has 3 aromatic rings. The first-order valence-corrected chi connectivity index (χ1v) is 7.18. The average Bonchev–Trinajstić information content (AvgIpc) is 3.10. The van der Waals surface area contributed by atoms with E-state index in [0.717, 1.165) is 11.3 Å². The molecule has 24 heavy (non-hydrogen) atoms. The molecule has 0 aliphatic rings. The van der Waals surface area contributed by atoms with Crippen molar-refractivity contribution in [3.63, 3.8) is 0 Å². The summed E-state index contributed by atoms with van der Waals surface area (Å²) in [5.41, 5.74) is 2.22. The maximum Gasteiger partial charge on any atom is 0.186 e. The lowest BCUT2D eigenvalue weighted by atomic mass is 10.1. The van der Waals surface area contributed by atoms with E-state index in [-0.39, 0.29) is 5.75 Å². The van der Waals surface area contributed by atoms with E-state index < -0.39 is 0 Å². The second kappa shape index (κ2) is 6.49. The summed E-state index contributed by atoms with van der Waals surface area (Å²) in [6.07, 6.45) is 1.64. The number of ether oxygens (including phenoxy) is 3. The number of aromatic hydroxyl groups is 1. The maximum absolute atomic E-state index is 9.47. The van der Waals surface area contributed by atoms with Crippen LogP contribution in [0.15, 0.2) is 42.6 Å². The molecule has 0 radical (unpaired) electrons. The monoisotopic (exact) mass is 327 g/mol. The number of rotatable bonds is 5. The van der Waals surface area contributed by atoms with Gasteiger partial charge >= 0.3 is 0 Å². The number of phenols is 1. The molecule has 7 nitrogen and oxygen atoms in total. The molecule has 1 N–H and O–H groups in total. The standard InChI is InChI=1S/C17H17N3O4/c1-22-13-8-14(17(24-3)16(9-13)23-2)20-15(10-18-19-20)11-4-6-12(21)7-5-11/h4-10,21H,1-3H3. The van der Waals surface area contributed by atoms with Crippen LogP contribution in [0, 0.1) is 0 Å². The van der Waals surface area contributed by atoms with Crippen molar-refractivity contribution in [3.8, 4) is 39.9 Å². The number of hydrogen-bond donors (Lipinski definition) is 1. The number of aromatic nitrogens is 3. The highest BCUT2D eigenvalue weighted by atomic mass is 16.5.